The largest absolute Gasteiger partial charge is 0.381 e. The Morgan fingerprint density at radius 1 is 1.18 bits per heavy atom. The molecule has 0 bridgehead atoms. The maximum atomic E-state index is 5.39. The topological polar surface area (TPSA) is 73.1 Å². The Labute approximate surface area is 129 Å². The van der Waals surface area contributed by atoms with Crippen molar-refractivity contribution in [2.24, 2.45) is 0 Å². The molecule has 1 N–H and O–H groups in total. The van der Waals surface area contributed by atoms with E-state index in [1.165, 1.54) is 12.8 Å². The second-order valence-electron chi connectivity index (χ2n) is 6.13. The summed E-state index contributed by atoms with van der Waals surface area (Å²) in [5.41, 5.74) is 2.93. The van der Waals surface area contributed by atoms with Crippen LogP contribution in [-0.2, 0) is 4.74 Å². The number of hydrogen-bond acceptors (Lipinski definition) is 6. The van der Waals surface area contributed by atoms with Crippen LogP contribution in [0.1, 0.15) is 43.0 Å². The van der Waals surface area contributed by atoms with E-state index < -0.39 is 0 Å². The second kappa shape index (κ2) is 5.68. The molecule has 0 spiro atoms. The van der Waals surface area contributed by atoms with Crippen LogP contribution >= 0.6 is 0 Å². The molecule has 0 unspecified atom stereocenters. The first-order valence-electron chi connectivity index (χ1n) is 7.94. The van der Waals surface area contributed by atoms with E-state index in [9.17, 15) is 0 Å². The number of nitrogens with one attached hydrogen (secondary N) is 1. The fourth-order valence-electron chi connectivity index (χ4n) is 2.84. The predicted molar refractivity (Wildman–Crippen MR) is 81.7 cm³/mol. The Balaban J connectivity index is 1.60. The smallest absolute Gasteiger partial charge is 0.223 e. The molecule has 1 aliphatic carbocycles. The summed E-state index contributed by atoms with van der Waals surface area (Å²) >= 11 is 0. The molecule has 1 saturated carbocycles. The lowest BCUT2D eigenvalue weighted by atomic mass is 10.1. The molecule has 4 rings (SSSR count). The molecule has 6 nitrogen and oxygen atoms in total. The molecule has 116 valence electrons. The van der Waals surface area contributed by atoms with E-state index in [0.29, 0.717) is 17.9 Å². The van der Waals surface area contributed by atoms with E-state index in [-0.39, 0.29) is 0 Å². The molecule has 1 aliphatic heterocycles. The fraction of sp³-hybridized carbons (Fsp3) is 0.562. The summed E-state index contributed by atoms with van der Waals surface area (Å²) in [5.74, 6) is 2.00. The first kappa shape index (κ1) is 13.7. The zero-order valence-corrected chi connectivity index (χ0v) is 12.7. The van der Waals surface area contributed by atoms with Crippen molar-refractivity contribution < 1.29 is 9.26 Å². The number of anilines is 1. The first-order chi connectivity index (χ1) is 10.8. The van der Waals surface area contributed by atoms with Gasteiger partial charge in [0.25, 0.3) is 0 Å². The molecular formula is C16H20N4O2. The predicted octanol–water partition coefficient (Wildman–Crippen LogP) is 2.91. The van der Waals surface area contributed by atoms with Crippen molar-refractivity contribution in [2.45, 2.75) is 44.6 Å². The van der Waals surface area contributed by atoms with Crippen LogP contribution in [0.4, 0.5) is 5.95 Å². The maximum Gasteiger partial charge on any atom is 0.223 e. The Bertz CT molecular complexity index is 660. The molecule has 6 heteroatoms. The second-order valence-corrected chi connectivity index (χ2v) is 6.13. The van der Waals surface area contributed by atoms with Gasteiger partial charge in [-0.3, -0.25) is 0 Å². The van der Waals surface area contributed by atoms with Gasteiger partial charge in [0.1, 0.15) is 0 Å². The van der Waals surface area contributed by atoms with Gasteiger partial charge in [0.05, 0.1) is 17.0 Å². The molecule has 0 amide bonds. The third kappa shape index (κ3) is 2.83. The lowest BCUT2D eigenvalue weighted by Gasteiger charge is -2.23. The van der Waals surface area contributed by atoms with Crippen LogP contribution in [0.5, 0.6) is 0 Å². The summed E-state index contributed by atoms with van der Waals surface area (Å²) < 4.78 is 10.8. The van der Waals surface area contributed by atoms with Crippen LogP contribution in [-0.4, -0.2) is 34.4 Å². The van der Waals surface area contributed by atoms with Gasteiger partial charge in [0.2, 0.25) is 5.95 Å². The number of aryl methyl sites for hydroxylation is 1. The highest BCUT2D eigenvalue weighted by Gasteiger charge is 2.30. The third-order valence-electron chi connectivity index (χ3n) is 4.23. The van der Waals surface area contributed by atoms with Crippen LogP contribution < -0.4 is 5.32 Å². The molecule has 2 aliphatic rings. The number of aromatic nitrogens is 3. The number of ether oxygens (including phenoxy) is 1. The van der Waals surface area contributed by atoms with E-state index in [4.69, 9.17) is 14.2 Å². The highest BCUT2D eigenvalue weighted by molar-refractivity contribution is 5.62. The van der Waals surface area contributed by atoms with Crippen LogP contribution in [0.2, 0.25) is 0 Å². The molecule has 1 saturated heterocycles. The van der Waals surface area contributed by atoms with Gasteiger partial charge >= 0.3 is 0 Å². The van der Waals surface area contributed by atoms with Crippen LogP contribution in [0.25, 0.3) is 11.3 Å². The lowest BCUT2D eigenvalue weighted by Crippen LogP contribution is -2.28. The van der Waals surface area contributed by atoms with Crippen molar-refractivity contribution in [1.82, 2.24) is 15.1 Å². The van der Waals surface area contributed by atoms with E-state index in [0.717, 1.165) is 48.8 Å². The zero-order chi connectivity index (χ0) is 14.9. The third-order valence-corrected chi connectivity index (χ3v) is 4.23. The fourth-order valence-corrected chi connectivity index (χ4v) is 2.84. The monoisotopic (exact) mass is 300 g/mol. The Morgan fingerprint density at radius 2 is 2.00 bits per heavy atom. The number of hydrogen-bond donors (Lipinski definition) is 1. The molecule has 0 aromatic carbocycles. The lowest BCUT2D eigenvalue weighted by molar-refractivity contribution is 0.0903. The normalized spacial score (nSPS) is 19.3. The minimum atomic E-state index is 0.402. The Kier molecular flexibility index (Phi) is 3.54. The maximum absolute atomic E-state index is 5.39. The average molecular weight is 300 g/mol. The summed E-state index contributed by atoms with van der Waals surface area (Å²) in [4.78, 5) is 9.24. The van der Waals surface area contributed by atoms with Crippen LogP contribution in [0.3, 0.4) is 0 Å². The summed E-state index contributed by atoms with van der Waals surface area (Å²) in [6.45, 7) is 3.54. The van der Waals surface area contributed by atoms with Gasteiger partial charge in [0, 0.05) is 37.4 Å². The summed E-state index contributed by atoms with van der Waals surface area (Å²) in [5, 5.41) is 7.41. The molecule has 2 aromatic heterocycles. The highest BCUT2D eigenvalue weighted by atomic mass is 16.5. The van der Waals surface area contributed by atoms with Crippen molar-refractivity contribution >= 4 is 5.95 Å². The quantitative estimate of drug-likeness (QED) is 0.936. The molecule has 0 radical (unpaired) electrons. The van der Waals surface area contributed by atoms with Crippen molar-refractivity contribution in [3.8, 4) is 11.3 Å². The zero-order valence-electron chi connectivity index (χ0n) is 12.7. The van der Waals surface area contributed by atoms with Gasteiger partial charge in [-0.2, -0.15) is 0 Å². The van der Waals surface area contributed by atoms with E-state index in [2.05, 4.69) is 15.5 Å². The standard InChI is InChI=1S/C16H20N4O2/c1-10-8-14(22-20-10)13-9-17-16(19-15(13)11-2-3-11)18-12-4-6-21-7-5-12/h8-9,11-12H,2-7H2,1H3,(H,17,18,19). The highest BCUT2D eigenvalue weighted by Crippen LogP contribution is 2.43. The van der Waals surface area contributed by atoms with Crippen molar-refractivity contribution in [3.05, 3.63) is 23.7 Å². The summed E-state index contributed by atoms with van der Waals surface area (Å²) in [6.07, 6.45) is 6.25. The molecule has 3 heterocycles. The molecule has 22 heavy (non-hydrogen) atoms. The molecule has 2 fully saturated rings. The minimum Gasteiger partial charge on any atom is -0.381 e. The first-order valence-corrected chi connectivity index (χ1v) is 7.94. The van der Waals surface area contributed by atoms with Gasteiger partial charge in [-0.15, -0.1) is 0 Å². The Hall–Kier alpha value is -1.95. The van der Waals surface area contributed by atoms with Gasteiger partial charge in [0.15, 0.2) is 5.76 Å². The van der Waals surface area contributed by atoms with Gasteiger partial charge < -0.3 is 14.6 Å². The van der Waals surface area contributed by atoms with Crippen molar-refractivity contribution in [2.75, 3.05) is 18.5 Å². The van der Waals surface area contributed by atoms with Gasteiger partial charge in [-0.05, 0) is 32.6 Å². The SMILES string of the molecule is Cc1cc(-c2cnc(NC3CCOCC3)nc2C2CC2)on1. The van der Waals surface area contributed by atoms with Crippen LogP contribution in [0, 0.1) is 6.92 Å². The molecule has 2 aromatic rings. The van der Waals surface area contributed by atoms with Gasteiger partial charge in [-0.1, -0.05) is 5.16 Å². The van der Waals surface area contributed by atoms with E-state index >= 15 is 0 Å². The van der Waals surface area contributed by atoms with E-state index in [1.54, 1.807) is 0 Å². The molecular weight excluding hydrogens is 280 g/mol. The average Bonchev–Trinajstić information content (AvgIpc) is 3.30. The number of nitrogens with zero attached hydrogens (tertiary/aromatic N) is 3. The van der Waals surface area contributed by atoms with Crippen LogP contribution in [0.15, 0.2) is 16.8 Å². The van der Waals surface area contributed by atoms with Crippen molar-refractivity contribution in [1.29, 1.82) is 0 Å². The molecule has 0 atom stereocenters. The summed E-state index contributed by atoms with van der Waals surface area (Å²) in [7, 11) is 0. The number of rotatable bonds is 4. The van der Waals surface area contributed by atoms with Crippen molar-refractivity contribution in [3.63, 3.8) is 0 Å². The Morgan fingerprint density at radius 3 is 2.68 bits per heavy atom. The van der Waals surface area contributed by atoms with Gasteiger partial charge in [-0.25, -0.2) is 9.97 Å². The summed E-state index contributed by atoms with van der Waals surface area (Å²) in [6, 6.07) is 2.34. The minimum absolute atomic E-state index is 0.402. The van der Waals surface area contributed by atoms with E-state index in [1.807, 2.05) is 19.2 Å².